The molecular formula is C15H15NO3. The van der Waals surface area contributed by atoms with Gasteiger partial charge in [0.2, 0.25) is 0 Å². The fraction of sp³-hybridized carbons (Fsp3) is 0.133. The van der Waals surface area contributed by atoms with Crippen LogP contribution in [0.4, 0.5) is 10.5 Å². The predicted octanol–water partition coefficient (Wildman–Crippen LogP) is 3.68. The van der Waals surface area contributed by atoms with Crippen LogP contribution in [0, 0.1) is 0 Å². The highest BCUT2D eigenvalue weighted by molar-refractivity contribution is 5.87. The molecule has 4 nitrogen and oxygen atoms in total. The van der Waals surface area contributed by atoms with Gasteiger partial charge in [-0.25, -0.2) is 4.79 Å². The minimum atomic E-state index is -0.420. The molecule has 0 atom stereocenters. The van der Waals surface area contributed by atoms with E-state index in [1.54, 1.807) is 13.1 Å². The normalized spacial score (nSPS) is 9.79. The lowest BCUT2D eigenvalue weighted by molar-refractivity contribution is 0.180. The number of benzene rings is 2. The zero-order valence-corrected chi connectivity index (χ0v) is 10.9. The summed E-state index contributed by atoms with van der Waals surface area (Å²) in [4.78, 5) is 12.9. The minimum absolute atomic E-state index is 0.420. The summed E-state index contributed by atoms with van der Waals surface area (Å²) >= 11 is 0. The van der Waals surface area contributed by atoms with E-state index >= 15 is 0 Å². The van der Waals surface area contributed by atoms with Crippen LogP contribution in [0.3, 0.4) is 0 Å². The number of hydrogen-bond donors (Lipinski definition) is 0. The van der Waals surface area contributed by atoms with Gasteiger partial charge in [-0.3, -0.25) is 4.90 Å². The zero-order chi connectivity index (χ0) is 13.7. The molecule has 1 amide bonds. The SMILES string of the molecule is COC(=O)N(C)c1cccc(Oc2ccccc2)c1. The molecule has 0 saturated carbocycles. The second kappa shape index (κ2) is 5.91. The second-order valence-corrected chi connectivity index (χ2v) is 3.94. The maximum Gasteiger partial charge on any atom is 0.413 e. The first-order valence-electron chi connectivity index (χ1n) is 5.85. The number of nitrogens with zero attached hydrogens (tertiary/aromatic N) is 1. The number of carbonyl (C=O) groups is 1. The van der Waals surface area contributed by atoms with Gasteiger partial charge in [0.1, 0.15) is 11.5 Å². The van der Waals surface area contributed by atoms with E-state index in [2.05, 4.69) is 4.74 Å². The van der Waals surface area contributed by atoms with Crippen LogP contribution in [0.1, 0.15) is 0 Å². The van der Waals surface area contributed by atoms with Gasteiger partial charge < -0.3 is 9.47 Å². The van der Waals surface area contributed by atoms with Crippen LogP contribution < -0.4 is 9.64 Å². The molecule has 2 rings (SSSR count). The summed E-state index contributed by atoms with van der Waals surface area (Å²) in [7, 11) is 3.00. The lowest BCUT2D eigenvalue weighted by Gasteiger charge is -2.16. The van der Waals surface area contributed by atoms with Crippen molar-refractivity contribution >= 4 is 11.8 Å². The summed E-state index contributed by atoms with van der Waals surface area (Å²) in [6.07, 6.45) is -0.420. The lowest BCUT2D eigenvalue weighted by Crippen LogP contribution is -2.25. The Balaban J connectivity index is 2.18. The standard InChI is InChI=1S/C15H15NO3/c1-16(15(17)18-2)12-7-6-10-14(11-12)19-13-8-4-3-5-9-13/h3-11H,1-2H3. The van der Waals surface area contributed by atoms with E-state index < -0.39 is 6.09 Å². The zero-order valence-electron chi connectivity index (χ0n) is 10.9. The lowest BCUT2D eigenvalue weighted by atomic mass is 10.3. The number of carbonyl (C=O) groups excluding carboxylic acids is 1. The van der Waals surface area contributed by atoms with Crippen LogP contribution in [0.15, 0.2) is 54.6 Å². The third-order valence-corrected chi connectivity index (χ3v) is 2.63. The maximum absolute atomic E-state index is 11.4. The molecule has 0 fully saturated rings. The van der Waals surface area contributed by atoms with E-state index in [1.807, 2.05) is 48.5 Å². The van der Waals surface area contributed by atoms with Gasteiger partial charge in [0, 0.05) is 13.1 Å². The van der Waals surface area contributed by atoms with Crippen molar-refractivity contribution in [3.63, 3.8) is 0 Å². The van der Waals surface area contributed by atoms with Crippen LogP contribution in [0.5, 0.6) is 11.5 Å². The number of anilines is 1. The fourth-order valence-corrected chi connectivity index (χ4v) is 1.62. The first-order valence-corrected chi connectivity index (χ1v) is 5.85. The van der Waals surface area contributed by atoms with E-state index in [-0.39, 0.29) is 0 Å². The quantitative estimate of drug-likeness (QED) is 0.841. The molecule has 0 spiro atoms. The first-order chi connectivity index (χ1) is 9.20. The summed E-state index contributed by atoms with van der Waals surface area (Å²) in [5.41, 5.74) is 0.709. The van der Waals surface area contributed by atoms with Gasteiger partial charge in [0.25, 0.3) is 0 Å². The Morgan fingerprint density at radius 2 is 1.68 bits per heavy atom. The summed E-state index contributed by atoms with van der Waals surface area (Å²) in [6, 6.07) is 16.7. The first kappa shape index (κ1) is 13.0. The molecule has 0 aliphatic rings. The van der Waals surface area contributed by atoms with E-state index in [4.69, 9.17) is 4.74 Å². The molecule has 19 heavy (non-hydrogen) atoms. The van der Waals surface area contributed by atoms with Crippen LogP contribution in [-0.4, -0.2) is 20.3 Å². The van der Waals surface area contributed by atoms with Crippen LogP contribution in [0.25, 0.3) is 0 Å². The van der Waals surface area contributed by atoms with Gasteiger partial charge in [-0.1, -0.05) is 24.3 Å². The highest BCUT2D eigenvalue weighted by atomic mass is 16.5. The van der Waals surface area contributed by atoms with Gasteiger partial charge in [-0.05, 0) is 24.3 Å². The van der Waals surface area contributed by atoms with Gasteiger partial charge in [0.05, 0.1) is 12.8 Å². The van der Waals surface area contributed by atoms with Crippen molar-refractivity contribution in [3.05, 3.63) is 54.6 Å². The van der Waals surface area contributed by atoms with Gasteiger partial charge in [-0.2, -0.15) is 0 Å². The summed E-state index contributed by atoms with van der Waals surface area (Å²) in [5.74, 6) is 1.42. The number of ether oxygens (including phenoxy) is 2. The second-order valence-electron chi connectivity index (χ2n) is 3.94. The molecule has 0 aromatic heterocycles. The number of methoxy groups -OCH3 is 1. The Morgan fingerprint density at radius 1 is 1.00 bits per heavy atom. The van der Waals surface area contributed by atoms with E-state index in [0.29, 0.717) is 11.4 Å². The Morgan fingerprint density at radius 3 is 2.37 bits per heavy atom. The van der Waals surface area contributed by atoms with Crippen LogP contribution in [-0.2, 0) is 4.74 Å². The molecule has 98 valence electrons. The average Bonchev–Trinajstić information content (AvgIpc) is 2.47. The minimum Gasteiger partial charge on any atom is -0.457 e. The number of amides is 1. The fourth-order valence-electron chi connectivity index (χ4n) is 1.62. The molecular weight excluding hydrogens is 242 g/mol. The largest absolute Gasteiger partial charge is 0.457 e. The maximum atomic E-state index is 11.4. The third kappa shape index (κ3) is 3.25. The number of hydrogen-bond acceptors (Lipinski definition) is 3. The van der Waals surface area contributed by atoms with Gasteiger partial charge in [0.15, 0.2) is 0 Å². The predicted molar refractivity (Wildman–Crippen MR) is 73.8 cm³/mol. The Labute approximate surface area is 112 Å². The molecule has 0 heterocycles. The van der Waals surface area contributed by atoms with Crippen LogP contribution in [0.2, 0.25) is 0 Å². The topological polar surface area (TPSA) is 38.8 Å². The molecule has 0 radical (unpaired) electrons. The summed E-state index contributed by atoms with van der Waals surface area (Å²) in [6.45, 7) is 0. The smallest absolute Gasteiger partial charge is 0.413 e. The van der Waals surface area contributed by atoms with E-state index in [1.165, 1.54) is 12.0 Å². The van der Waals surface area contributed by atoms with Crippen molar-refractivity contribution in [3.8, 4) is 11.5 Å². The van der Waals surface area contributed by atoms with Gasteiger partial charge >= 0.3 is 6.09 Å². The highest BCUT2D eigenvalue weighted by Gasteiger charge is 2.11. The summed E-state index contributed by atoms with van der Waals surface area (Å²) in [5, 5.41) is 0. The monoisotopic (exact) mass is 257 g/mol. The van der Waals surface area contributed by atoms with Crippen molar-refractivity contribution in [2.45, 2.75) is 0 Å². The molecule has 0 bridgehead atoms. The Bertz CT molecular complexity index is 554. The van der Waals surface area contributed by atoms with Crippen molar-refractivity contribution in [2.75, 3.05) is 19.1 Å². The van der Waals surface area contributed by atoms with Crippen molar-refractivity contribution in [2.24, 2.45) is 0 Å². The Hall–Kier alpha value is -2.49. The van der Waals surface area contributed by atoms with Gasteiger partial charge in [-0.15, -0.1) is 0 Å². The summed E-state index contributed by atoms with van der Waals surface area (Å²) < 4.78 is 10.4. The van der Waals surface area contributed by atoms with E-state index in [9.17, 15) is 4.79 Å². The molecule has 2 aromatic carbocycles. The molecule has 0 aliphatic carbocycles. The van der Waals surface area contributed by atoms with Crippen molar-refractivity contribution in [1.82, 2.24) is 0 Å². The number of rotatable bonds is 3. The average molecular weight is 257 g/mol. The third-order valence-electron chi connectivity index (χ3n) is 2.63. The molecule has 0 N–H and O–H groups in total. The Kier molecular flexibility index (Phi) is 4.03. The molecule has 0 saturated heterocycles. The van der Waals surface area contributed by atoms with Crippen LogP contribution >= 0.6 is 0 Å². The number of para-hydroxylation sites is 1. The molecule has 2 aromatic rings. The highest BCUT2D eigenvalue weighted by Crippen LogP contribution is 2.25. The van der Waals surface area contributed by atoms with Crippen molar-refractivity contribution < 1.29 is 14.3 Å². The molecule has 4 heteroatoms. The molecule has 0 aliphatic heterocycles. The van der Waals surface area contributed by atoms with E-state index in [0.717, 1.165) is 5.75 Å². The van der Waals surface area contributed by atoms with Crippen molar-refractivity contribution in [1.29, 1.82) is 0 Å². The molecule has 0 unspecified atom stereocenters.